The Balaban J connectivity index is 1.54. The van der Waals surface area contributed by atoms with Crippen LogP contribution in [0.2, 0.25) is 0 Å². The maximum Gasteiger partial charge on any atom is 0.204 e. The van der Waals surface area contributed by atoms with Gasteiger partial charge in [0.15, 0.2) is 5.78 Å². The summed E-state index contributed by atoms with van der Waals surface area (Å²) in [7, 11) is -3.40. The van der Waals surface area contributed by atoms with E-state index in [2.05, 4.69) is 5.09 Å². The van der Waals surface area contributed by atoms with Gasteiger partial charge in [0.2, 0.25) is 7.29 Å². The van der Waals surface area contributed by atoms with Crippen LogP contribution in [0, 0.1) is 0 Å². The third-order valence-electron chi connectivity index (χ3n) is 6.57. The molecule has 0 radical (unpaired) electrons. The van der Waals surface area contributed by atoms with Gasteiger partial charge < -0.3 is 5.11 Å². The molecule has 4 nitrogen and oxygen atoms in total. The summed E-state index contributed by atoms with van der Waals surface area (Å²) in [5, 5.41) is 17.9. The molecule has 37 heavy (non-hydrogen) atoms. The van der Waals surface area contributed by atoms with Crippen molar-refractivity contribution in [2.24, 2.45) is 0 Å². The number of hydrogen-bond acceptors (Lipinski definition) is 3. The van der Waals surface area contributed by atoms with Crippen LogP contribution in [0.25, 0.3) is 10.8 Å². The van der Waals surface area contributed by atoms with Crippen LogP contribution >= 0.6 is 7.29 Å². The smallest absolute Gasteiger partial charge is 0.204 e. The molecule has 0 aliphatic rings. The fourth-order valence-electron chi connectivity index (χ4n) is 4.60. The summed E-state index contributed by atoms with van der Waals surface area (Å²) in [6.07, 6.45) is -1.09. The molecule has 0 aliphatic heterocycles. The van der Waals surface area contributed by atoms with Gasteiger partial charge in [-0.15, -0.1) is 0 Å². The minimum Gasteiger partial charge on any atom is -0.383 e. The van der Waals surface area contributed by atoms with Crippen molar-refractivity contribution in [2.45, 2.75) is 18.6 Å². The number of aliphatic hydroxyl groups excluding tert-OH is 1. The van der Waals surface area contributed by atoms with Gasteiger partial charge in [0.05, 0.1) is 6.04 Å². The number of rotatable bonds is 9. The molecule has 2 atom stereocenters. The molecule has 0 spiro atoms. The van der Waals surface area contributed by atoms with E-state index in [1.807, 2.05) is 121 Å². The summed E-state index contributed by atoms with van der Waals surface area (Å²) in [5.41, 5.74) is 1.35. The monoisotopic (exact) mass is 505 g/mol. The van der Waals surface area contributed by atoms with Gasteiger partial charge in [-0.1, -0.05) is 103 Å². The van der Waals surface area contributed by atoms with E-state index in [9.17, 15) is 14.5 Å². The van der Waals surface area contributed by atoms with Crippen molar-refractivity contribution in [1.82, 2.24) is 5.09 Å². The summed E-state index contributed by atoms with van der Waals surface area (Å²) in [6, 6.07) is 40.4. The van der Waals surface area contributed by atoms with E-state index in [1.54, 1.807) is 12.1 Å². The van der Waals surface area contributed by atoms with Crippen LogP contribution in [0.5, 0.6) is 0 Å². The number of nitrogens with one attached hydrogen (secondary N) is 1. The molecule has 0 fully saturated rings. The maximum atomic E-state index is 14.7. The molecule has 0 saturated carbocycles. The van der Waals surface area contributed by atoms with E-state index in [-0.39, 0.29) is 0 Å². The number of carbonyl (C=O) groups is 1. The number of hydrogen-bond donors (Lipinski definition) is 2. The molecular weight excluding hydrogens is 477 g/mol. The molecule has 5 aromatic carbocycles. The van der Waals surface area contributed by atoms with E-state index < -0.39 is 25.2 Å². The molecule has 184 valence electrons. The molecule has 0 saturated heterocycles. The number of Topliss-reactive ketones (excluding diaryl/α,β-unsaturated/α-hetero) is 1. The largest absolute Gasteiger partial charge is 0.383 e. The van der Waals surface area contributed by atoms with Crippen molar-refractivity contribution in [3.8, 4) is 0 Å². The van der Waals surface area contributed by atoms with Crippen LogP contribution in [0.4, 0.5) is 0 Å². The minimum absolute atomic E-state index is 0.324. The number of ketones is 1. The van der Waals surface area contributed by atoms with Crippen molar-refractivity contribution in [3.05, 3.63) is 145 Å². The molecule has 0 amide bonds. The van der Waals surface area contributed by atoms with Crippen LogP contribution in [0.1, 0.15) is 15.9 Å². The van der Waals surface area contributed by atoms with Crippen molar-refractivity contribution < 1.29 is 14.5 Å². The molecule has 5 aromatic rings. The quantitative estimate of drug-likeness (QED) is 0.205. The van der Waals surface area contributed by atoms with Gasteiger partial charge in [-0.25, -0.2) is 0 Å². The number of aliphatic hydroxyl groups is 1. The van der Waals surface area contributed by atoms with Crippen molar-refractivity contribution in [3.63, 3.8) is 0 Å². The third kappa shape index (κ3) is 5.47. The van der Waals surface area contributed by atoms with Crippen molar-refractivity contribution >= 4 is 34.5 Å². The van der Waals surface area contributed by atoms with Crippen LogP contribution in [0.3, 0.4) is 0 Å². The summed E-state index contributed by atoms with van der Waals surface area (Å²) >= 11 is 0. The predicted octanol–water partition coefficient (Wildman–Crippen LogP) is 5.51. The molecular formula is C32H28NO3P. The number of benzene rings is 5. The highest BCUT2D eigenvalue weighted by atomic mass is 31.2. The molecule has 2 N–H and O–H groups in total. The third-order valence-corrected chi connectivity index (χ3v) is 9.32. The van der Waals surface area contributed by atoms with Crippen LogP contribution in [-0.4, -0.2) is 23.0 Å². The Morgan fingerprint density at radius 2 is 1.19 bits per heavy atom. The SMILES string of the molecule is O=C(c1ccc2ccccc2c1)[C@@H](O)[C@H](Cc1ccccc1)NP(=O)(c1ccccc1)c1ccccc1. The van der Waals surface area contributed by atoms with Gasteiger partial charge in [0, 0.05) is 16.2 Å². The highest BCUT2D eigenvalue weighted by Crippen LogP contribution is 2.40. The first kappa shape index (κ1) is 24.9. The highest BCUT2D eigenvalue weighted by molar-refractivity contribution is 7.76. The van der Waals surface area contributed by atoms with Gasteiger partial charge in [-0.2, -0.15) is 0 Å². The average Bonchev–Trinajstić information content (AvgIpc) is 2.97. The Hall–Kier alpha value is -3.82. The van der Waals surface area contributed by atoms with E-state index in [1.165, 1.54) is 0 Å². The van der Waals surface area contributed by atoms with Crippen molar-refractivity contribution in [1.29, 1.82) is 0 Å². The second-order valence-corrected chi connectivity index (χ2v) is 11.6. The van der Waals surface area contributed by atoms with Gasteiger partial charge >= 0.3 is 0 Å². The van der Waals surface area contributed by atoms with Crippen molar-refractivity contribution in [2.75, 3.05) is 0 Å². The predicted molar refractivity (Wildman–Crippen MR) is 151 cm³/mol. The molecule has 0 bridgehead atoms. The van der Waals surface area contributed by atoms with E-state index >= 15 is 0 Å². The summed E-state index contributed by atoms with van der Waals surface area (Å²) in [6.45, 7) is 0. The zero-order chi connectivity index (χ0) is 25.7. The Bertz CT molecular complexity index is 1490. The topological polar surface area (TPSA) is 66.4 Å². The summed E-state index contributed by atoms with van der Waals surface area (Å²) in [5.74, 6) is -0.410. The Kier molecular flexibility index (Phi) is 7.43. The van der Waals surface area contributed by atoms with Gasteiger partial charge in [-0.05, 0) is 53.1 Å². The van der Waals surface area contributed by atoms with E-state index in [0.717, 1.165) is 16.3 Å². The van der Waals surface area contributed by atoms with Crippen LogP contribution in [-0.2, 0) is 11.0 Å². The summed E-state index contributed by atoms with van der Waals surface area (Å²) < 4.78 is 14.7. The standard InChI is InChI=1S/C32H28NO3P/c34-31(27-21-20-25-14-10-11-15-26(25)23-27)32(35)30(22-24-12-4-1-5-13-24)33-37(36,28-16-6-2-7-17-28)29-18-8-3-9-19-29/h1-21,23,30,32,35H,22H2,(H,33,36)/t30-,32-/m0/s1. The zero-order valence-corrected chi connectivity index (χ0v) is 21.2. The molecule has 0 aromatic heterocycles. The van der Waals surface area contributed by atoms with Crippen LogP contribution in [0.15, 0.2) is 133 Å². The Morgan fingerprint density at radius 1 is 0.676 bits per heavy atom. The van der Waals surface area contributed by atoms with Gasteiger partial charge in [0.1, 0.15) is 6.10 Å². The van der Waals surface area contributed by atoms with Crippen LogP contribution < -0.4 is 15.7 Å². The summed E-state index contributed by atoms with van der Waals surface area (Å²) in [4.78, 5) is 13.6. The average molecular weight is 506 g/mol. The lowest BCUT2D eigenvalue weighted by Gasteiger charge is -2.30. The van der Waals surface area contributed by atoms with E-state index in [4.69, 9.17) is 0 Å². The lowest BCUT2D eigenvalue weighted by molar-refractivity contribution is 0.0680. The second kappa shape index (κ2) is 11.1. The molecule has 0 heterocycles. The highest BCUT2D eigenvalue weighted by Gasteiger charge is 2.35. The molecule has 0 unspecified atom stereocenters. The lowest BCUT2D eigenvalue weighted by atomic mass is 9.95. The van der Waals surface area contributed by atoms with E-state index in [0.29, 0.717) is 22.6 Å². The minimum atomic E-state index is -3.40. The fourth-order valence-corrected chi connectivity index (χ4v) is 7.08. The molecule has 5 rings (SSSR count). The first-order chi connectivity index (χ1) is 18.0. The normalized spacial score (nSPS) is 13.2. The molecule has 5 heteroatoms. The number of carbonyl (C=O) groups excluding carboxylic acids is 1. The Morgan fingerprint density at radius 3 is 1.78 bits per heavy atom. The van der Waals surface area contributed by atoms with Gasteiger partial charge in [-0.3, -0.25) is 14.4 Å². The molecule has 0 aliphatic carbocycles. The lowest BCUT2D eigenvalue weighted by Crippen LogP contribution is -2.47. The van der Waals surface area contributed by atoms with Gasteiger partial charge in [0.25, 0.3) is 0 Å². The maximum absolute atomic E-state index is 14.7. The fraction of sp³-hybridized carbons (Fsp3) is 0.0938. The number of fused-ring (bicyclic) bond motifs is 1. The first-order valence-corrected chi connectivity index (χ1v) is 14.0. The Labute approximate surface area is 217 Å². The second-order valence-electron chi connectivity index (χ2n) is 9.08. The zero-order valence-electron chi connectivity index (χ0n) is 20.3. The first-order valence-electron chi connectivity index (χ1n) is 12.3.